The van der Waals surface area contributed by atoms with Gasteiger partial charge in [0, 0.05) is 11.6 Å². The summed E-state index contributed by atoms with van der Waals surface area (Å²) < 4.78 is 4.59. The fourth-order valence-electron chi connectivity index (χ4n) is 1.24. The number of hydrogen-bond acceptors (Lipinski definition) is 5. The standard InChI is InChI=1S/C11H10N2O2S/c1-7-3-4-12-8(5-7)10-13-9(6-16-10)11(14)15-2/h3-6H,1-2H3. The topological polar surface area (TPSA) is 52.1 Å². The molecule has 82 valence electrons. The molecule has 0 aliphatic carbocycles. The number of nitrogens with zero attached hydrogens (tertiary/aromatic N) is 2. The summed E-state index contributed by atoms with van der Waals surface area (Å²) in [5, 5.41) is 2.40. The molecule has 0 amide bonds. The van der Waals surface area contributed by atoms with E-state index in [0.29, 0.717) is 5.69 Å². The van der Waals surface area contributed by atoms with Gasteiger partial charge in [-0.1, -0.05) is 0 Å². The Morgan fingerprint density at radius 2 is 2.31 bits per heavy atom. The number of aromatic nitrogens is 2. The first-order valence-electron chi connectivity index (χ1n) is 4.67. The van der Waals surface area contributed by atoms with Gasteiger partial charge in [0.2, 0.25) is 0 Å². The van der Waals surface area contributed by atoms with Crippen molar-refractivity contribution in [1.29, 1.82) is 0 Å². The quantitative estimate of drug-likeness (QED) is 0.748. The molecule has 0 saturated carbocycles. The van der Waals surface area contributed by atoms with Crippen LogP contribution in [0.1, 0.15) is 16.1 Å². The van der Waals surface area contributed by atoms with Gasteiger partial charge in [0.15, 0.2) is 5.69 Å². The molecule has 0 atom stereocenters. The van der Waals surface area contributed by atoms with Crippen LogP contribution in [0, 0.1) is 6.92 Å². The number of thiazole rings is 1. The van der Waals surface area contributed by atoms with Crippen LogP contribution in [0.5, 0.6) is 0 Å². The Hall–Kier alpha value is -1.75. The predicted molar refractivity (Wildman–Crippen MR) is 61.4 cm³/mol. The molecular weight excluding hydrogens is 224 g/mol. The van der Waals surface area contributed by atoms with Gasteiger partial charge in [-0.2, -0.15) is 0 Å². The fourth-order valence-corrected chi connectivity index (χ4v) is 2.00. The van der Waals surface area contributed by atoms with Crippen molar-refractivity contribution in [3.63, 3.8) is 0 Å². The SMILES string of the molecule is COC(=O)c1csc(-c2cc(C)ccn2)n1. The first-order chi connectivity index (χ1) is 7.70. The Morgan fingerprint density at radius 3 is 3.00 bits per heavy atom. The highest BCUT2D eigenvalue weighted by molar-refractivity contribution is 7.13. The summed E-state index contributed by atoms with van der Waals surface area (Å²) >= 11 is 1.38. The van der Waals surface area contributed by atoms with Crippen molar-refractivity contribution in [1.82, 2.24) is 9.97 Å². The van der Waals surface area contributed by atoms with Crippen LogP contribution >= 0.6 is 11.3 Å². The molecule has 0 N–H and O–H groups in total. The average Bonchev–Trinajstić information content (AvgIpc) is 2.77. The molecule has 0 aliphatic heterocycles. The van der Waals surface area contributed by atoms with Crippen LogP contribution in [0.2, 0.25) is 0 Å². The monoisotopic (exact) mass is 234 g/mol. The molecule has 0 unspecified atom stereocenters. The minimum absolute atomic E-state index is 0.325. The third kappa shape index (κ3) is 2.09. The van der Waals surface area contributed by atoms with E-state index in [9.17, 15) is 4.79 Å². The van der Waals surface area contributed by atoms with Gasteiger partial charge in [-0.15, -0.1) is 11.3 Å². The first kappa shape index (κ1) is 10.8. The third-order valence-electron chi connectivity index (χ3n) is 2.03. The van der Waals surface area contributed by atoms with Crippen LogP contribution in [0.3, 0.4) is 0 Å². The van der Waals surface area contributed by atoms with Gasteiger partial charge >= 0.3 is 5.97 Å². The van der Waals surface area contributed by atoms with E-state index >= 15 is 0 Å². The summed E-state index contributed by atoms with van der Waals surface area (Å²) in [5.74, 6) is -0.421. The van der Waals surface area contributed by atoms with E-state index in [-0.39, 0.29) is 0 Å². The minimum Gasteiger partial charge on any atom is -0.464 e. The molecule has 2 rings (SSSR count). The number of rotatable bonds is 2. The van der Waals surface area contributed by atoms with Gasteiger partial charge in [0.1, 0.15) is 5.01 Å². The molecule has 0 bridgehead atoms. The van der Waals surface area contributed by atoms with Crippen LogP contribution in [0.25, 0.3) is 10.7 Å². The van der Waals surface area contributed by atoms with Gasteiger partial charge in [-0.3, -0.25) is 4.98 Å². The number of carbonyl (C=O) groups is 1. The van der Waals surface area contributed by atoms with E-state index in [0.717, 1.165) is 16.3 Å². The Morgan fingerprint density at radius 1 is 1.50 bits per heavy atom. The Bertz CT molecular complexity index is 522. The van der Waals surface area contributed by atoms with Crippen LogP contribution in [0.4, 0.5) is 0 Å². The maximum Gasteiger partial charge on any atom is 0.357 e. The molecule has 2 heterocycles. The summed E-state index contributed by atoms with van der Waals surface area (Å²) in [7, 11) is 1.34. The molecule has 0 fully saturated rings. The normalized spacial score (nSPS) is 10.1. The lowest BCUT2D eigenvalue weighted by molar-refractivity contribution is 0.0595. The van der Waals surface area contributed by atoms with Gasteiger partial charge in [-0.25, -0.2) is 9.78 Å². The van der Waals surface area contributed by atoms with Crippen molar-refractivity contribution in [3.05, 3.63) is 35.0 Å². The van der Waals surface area contributed by atoms with Crippen molar-refractivity contribution < 1.29 is 9.53 Å². The van der Waals surface area contributed by atoms with Crippen molar-refractivity contribution >= 4 is 17.3 Å². The summed E-state index contributed by atoms with van der Waals surface area (Å²) in [5.41, 5.74) is 2.21. The van der Waals surface area contributed by atoms with E-state index in [1.165, 1.54) is 18.4 Å². The second-order valence-corrected chi connectivity index (χ2v) is 4.11. The second kappa shape index (κ2) is 4.40. The minimum atomic E-state index is -0.421. The second-order valence-electron chi connectivity index (χ2n) is 3.25. The lowest BCUT2D eigenvalue weighted by Crippen LogP contribution is -2.01. The molecule has 16 heavy (non-hydrogen) atoms. The zero-order valence-corrected chi connectivity index (χ0v) is 9.75. The van der Waals surface area contributed by atoms with Crippen molar-refractivity contribution in [2.75, 3.05) is 7.11 Å². The zero-order chi connectivity index (χ0) is 11.5. The van der Waals surface area contributed by atoms with E-state index in [2.05, 4.69) is 14.7 Å². The van der Waals surface area contributed by atoms with E-state index < -0.39 is 5.97 Å². The smallest absolute Gasteiger partial charge is 0.357 e. The van der Waals surface area contributed by atoms with Gasteiger partial charge < -0.3 is 4.74 Å². The number of carbonyl (C=O) groups excluding carboxylic acids is 1. The number of aryl methyl sites for hydroxylation is 1. The molecule has 5 heteroatoms. The average molecular weight is 234 g/mol. The summed E-state index contributed by atoms with van der Waals surface area (Å²) in [6.45, 7) is 1.99. The van der Waals surface area contributed by atoms with E-state index in [1.807, 2.05) is 19.1 Å². The third-order valence-corrected chi connectivity index (χ3v) is 2.90. The number of ether oxygens (including phenoxy) is 1. The highest BCUT2D eigenvalue weighted by atomic mass is 32.1. The summed E-state index contributed by atoms with van der Waals surface area (Å²) in [6.07, 6.45) is 1.73. The number of pyridine rings is 1. The maximum atomic E-state index is 11.2. The van der Waals surface area contributed by atoms with Crippen LogP contribution in [0.15, 0.2) is 23.7 Å². The first-order valence-corrected chi connectivity index (χ1v) is 5.55. The lowest BCUT2D eigenvalue weighted by Gasteiger charge is -1.96. The number of methoxy groups -OCH3 is 1. The highest BCUT2D eigenvalue weighted by Crippen LogP contribution is 2.22. The van der Waals surface area contributed by atoms with Crippen LogP contribution in [-0.2, 0) is 4.74 Å². The van der Waals surface area contributed by atoms with Gasteiger partial charge in [0.05, 0.1) is 12.8 Å². The molecular formula is C11H10N2O2S. The molecule has 0 aromatic carbocycles. The van der Waals surface area contributed by atoms with Crippen LogP contribution < -0.4 is 0 Å². The predicted octanol–water partition coefficient (Wildman–Crippen LogP) is 2.30. The van der Waals surface area contributed by atoms with Crippen molar-refractivity contribution in [3.8, 4) is 10.7 Å². The molecule has 0 saturated heterocycles. The summed E-state index contributed by atoms with van der Waals surface area (Å²) in [4.78, 5) is 19.6. The van der Waals surface area contributed by atoms with Crippen molar-refractivity contribution in [2.45, 2.75) is 6.92 Å². The van der Waals surface area contributed by atoms with Gasteiger partial charge in [-0.05, 0) is 24.6 Å². The maximum absolute atomic E-state index is 11.2. The van der Waals surface area contributed by atoms with E-state index in [4.69, 9.17) is 0 Å². The Kier molecular flexibility index (Phi) is 2.96. The number of hydrogen-bond donors (Lipinski definition) is 0. The van der Waals surface area contributed by atoms with E-state index in [1.54, 1.807) is 11.6 Å². The van der Waals surface area contributed by atoms with Crippen LogP contribution in [-0.4, -0.2) is 23.0 Å². The fraction of sp³-hybridized carbons (Fsp3) is 0.182. The lowest BCUT2D eigenvalue weighted by atomic mass is 10.2. The molecule has 0 radical (unpaired) electrons. The van der Waals surface area contributed by atoms with Crippen molar-refractivity contribution in [2.24, 2.45) is 0 Å². The molecule has 0 aliphatic rings. The van der Waals surface area contributed by atoms with Gasteiger partial charge in [0.25, 0.3) is 0 Å². The Balaban J connectivity index is 2.35. The zero-order valence-electron chi connectivity index (χ0n) is 8.93. The summed E-state index contributed by atoms with van der Waals surface area (Å²) in [6, 6.07) is 3.85. The Labute approximate surface area is 96.9 Å². The number of esters is 1. The molecule has 2 aromatic rings. The molecule has 2 aromatic heterocycles. The molecule has 0 spiro atoms. The largest absolute Gasteiger partial charge is 0.464 e. The highest BCUT2D eigenvalue weighted by Gasteiger charge is 2.12. The molecule has 4 nitrogen and oxygen atoms in total.